The molecular weight excluding hydrogens is 253 g/mol. The molecule has 0 aliphatic rings. The minimum atomic E-state index is -1.03. The van der Waals surface area contributed by atoms with Crippen LogP contribution >= 0.6 is 23.2 Å². The van der Waals surface area contributed by atoms with Crippen molar-refractivity contribution in [2.45, 2.75) is 12.5 Å². The third kappa shape index (κ3) is 3.40. The number of halogens is 2. The van der Waals surface area contributed by atoms with Gasteiger partial charge in [-0.3, -0.25) is 9.59 Å². The maximum Gasteiger partial charge on any atom is 0.305 e. The van der Waals surface area contributed by atoms with Gasteiger partial charge in [-0.15, -0.1) is 0 Å². The Balaban J connectivity index is 3.03. The number of hydrogen-bond acceptors (Lipinski definition) is 2. The second-order valence-corrected chi connectivity index (χ2v) is 3.94. The Morgan fingerprint density at radius 1 is 1.50 bits per heavy atom. The molecule has 0 spiro atoms. The fourth-order valence-corrected chi connectivity index (χ4v) is 1.73. The van der Waals surface area contributed by atoms with Crippen LogP contribution < -0.4 is 5.32 Å². The van der Waals surface area contributed by atoms with Crippen LogP contribution in [0.3, 0.4) is 0 Å². The van der Waals surface area contributed by atoms with E-state index in [-0.39, 0.29) is 6.42 Å². The summed E-state index contributed by atoms with van der Waals surface area (Å²) in [5.74, 6) is -1.03. The van der Waals surface area contributed by atoms with Crippen LogP contribution in [0.1, 0.15) is 18.0 Å². The molecule has 0 radical (unpaired) electrons. The standard InChI is InChI=1S/C10H9Cl2NO3/c11-6-1-2-8(12)7(3-6)9(13-5-14)4-10(15)16/h1-3,5,9H,4H2,(H,13,14)(H,15,16). The maximum absolute atomic E-state index is 10.6. The zero-order chi connectivity index (χ0) is 12.1. The van der Waals surface area contributed by atoms with Gasteiger partial charge in [0, 0.05) is 10.0 Å². The molecule has 0 heterocycles. The van der Waals surface area contributed by atoms with E-state index in [0.717, 1.165) is 0 Å². The number of carboxylic acid groups (broad SMARTS) is 1. The molecule has 0 bridgehead atoms. The van der Waals surface area contributed by atoms with Gasteiger partial charge in [-0.1, -0.05) is 23.2 Å². The summed E-state index contributed by atoms with van der Waals surface area (Å²) < 4.78 is 0. The predicted octanol–water partition coefficient (Wildman–Crippen LogP) is 2.26. The predicted molar refractivity (Wildman–Crippen MR) is 60.7 cm³/mol. The Hall–Kier alpha value is -1.26. The SMILES string of the molecule is O=CNC(CC(=O)O)c1cc(Cl)ccc1Cl. The van der Waals surface area contributed by atoms with E-state index in [1.807, 2.05) is 0 Å². The summed E-state index contributed by atoms with van der Waals surface area (Å²) in [5.41, 5.74) is 0.490. The molecule has 6 heteroatoms. The maximum atomic E-state index is 10.6. The second-order valence-electron chi connectivity index (χ2n) is 3.10. The van der Waals surface area contributed by atoms with Crippen molar-refractivity contribution in [1.29, 1.82) is 0 Å². The molecule has 0 aliphatic heterocycles. The van der Waals surface area contributed by atoms with Gasteiger partial charge < -0.3 is 10.4 Å². The Labute approximate surface area is 102 Å². The highest BCUT2D eigenvalue weighted by atomic mass is 35.5. The number of amides is 1. The van der Waals surface area contributed by atoms with Crippen molar-refractivity contribution in [3.05, 3.63) is 33.8 Å². The average Bonchev–Trinajstić information content (AvgIpc) is 2.20. The van der Waals surface area contributed by atoms with Crippen molar-refractivity contribution < 1.29 is 14.7 Å². The molecule has 4 nitrogen and oxygen atoms in total. The highest BCUT2D eigenvalue weighted by Gasteiger charge is 2.17. The molecule has 86 valence electrons. The average molecular weight is 262 g/mol. The highest BCUT2D eigenvalue weighted by molar-refractivity contribution is 6.33. The van der Waals surface area contributed by atoms with E-state index >= 15 is 0 Å². The number of rotatable bonds is 5. The van der Waals surface area contributed by atoms with Gasteiger partial charge in [0.05, 0.1) is 12.5 Å². The van der Waals surface area contributed by atoms with Crippen LogP contribution in [0.5, 0.6) is 0 Å². The molecule has 0 saturated heterocycles. The van der Waals surface area contributed by atoms with Crippen LogP contribution in [0.2, 0.25) is 10.0 Å². The van der Waals surface area contributed by atoms with Gasteiger partial charge in [0.15, 0.2) is 0 Å². The van der Waals surface area contributed by atoms with Gasteiger partial charge >= 0.3 is 5.97 Å². The van der Waals surface area contributed by atoms with Gasteiger partial charge in [-0.05, 0) is 23.8 Å². The number of benzene rings is 1. The van der Waals surface area contributed by atoms with Crippen LogP contribution in [0.15, 0.2) is 18.2 Å². The minimum absolute atomic E-state index is 0.251. The Morgan fingerprint density at radius 3 is 2.75 bits per heavy atom. The van der Waals surface area contributed by atoms with Crippen LogP contribution in [0.25, 0.3) is 0 Å². The fraction of sp³-hybridized carbons (Fsp3) is 0.200. The molecule has 1 rings (SSSR count). The topological polar surface area (TPSA) is 66.4 Å². The first-order valence-corrected chi connectivity index (χ1v) is 5.16. The van der Waals surface area contributed by atoms with Gasteiger partial charge in [0.1, 0.15) is 0 Å². The minimum Gasteiger partial charge on any atom is -0.481 e. The number of carbonyl (C=O) groups is 2. The fourth-order valence-electron chi connectivity index (χ4n) is 1.30. The van der Waals surface area contributed by atoms with Gasteiger partial charge in [0.25, 0.3) is 0 Å². The molecule has 16 heavy (non-hydrogen) atoms. The largest absolute Gasteiger partial charge is 0.481 e. The molecule has 1 aromatic rings. The molecule has 1 aromatic carbocycles. The van der Waals surface area contributed by atoms with Crippen molar-refractivity contribution >= 4 is 35.6 Å². The molecule has 0 aromatic heterocycles. The smallest absolute Gasteiger partial charge is 0.305 e. The van der Waals surface area contributed by atoms with Crippen LogP contribution in [0.4, 0.5) is 0 Å². The van der Waals surface area contributed by atoms with E-state index in [2.05, 4.69) is 5.32 Å². The monoisotopic (exact) mass is 261 g/mol. The molecular formula is C10H9Cl2NO3. The van der Waals surface area contributed by atoms with Crippen molar-refractivity contribution in [3.63, 3.8) is 0 Å². The number of carbonyl (C=O) groups excluding carboxylic acids is 1. The van der Waals surface area contributed by atoms with Crippen LogP contribution in [0, 0.1) is 0 Å². The third-order valence-corrected chi connectivity index (χ3v) is 2.56. The lowest BCUT2D eigenvalue weighted by molar-refractivity contribution is -0.137. The van der Waals surface area contributed by atoms with Crippen LogP contribution in [-0.2, 0) is 9.59 Å². The van der Waals surface area contributed by atoms with E-state index in [1.54, 1.807) is 12.1 Å². The Bertz CT molecular complexity index is 409. The third-order valence-electron chi connectivity index (χ3n) is 1.98. The van der Waals surface area contributed by atoms with E-state index < -0.39 is 12.0 Å². The van der Waals surface area contributed by atoms with Crippen molar-refractivity contribution in [2.24, 2.45) is 0 Å². The van der Waals surface area contributed by atoms with E-state index in [9.17, 15) is 9.59 Å². The molecule has 1 amide bonds. The number of hydrogen-bond donors (Lipinski definition) is 2. The lowest BCUT2D eigenvalue weighted by Gasteiger charge is -2.15. The molecule has 2 N–H and O–H groups in total. The molecule has 0 fully saturated rings. The lowest BCUT2D eigenvalue weighted by atomic mass is 10.0. The van der Waals surface area contributed by atoms with Crippen molar-refractivity contribution in [1.82, 2.24) is 5.32 Å². The summed E-state index contributed by atoms with van der Waals surface area (Å²) in [6.45, 7) is 0. The highest BCUT2D eigenvalue weighted by Crippen LogP contribution is 2.27. The first kappa shape index (κ1) is 12.8. The quantitative estimate of drug-likeness (QED) is 0.800. The van der Waals surface area contributed by atoms with Gasteiger partial charge in [-0.25, -0.2) is 0 Å². The van der Waals surface area contributed by atoms with E-state index in [0.29, 0.717) is 22.0 Å². The van der Waals surface area contributed by atoms with Crippen molar-refractivity contribution in [3.8, 4) is 0 Å². The van der Waals surface area contributed by atoms with E-state index in [4.69, 9.17) is 28.3 Å². The summed E-state index contributed by atoms with van der Waals surface area (Å²) in [7, 11) is 0. The first-order chi connectivity index (χ1) is 7.54. The second kappa shape index (κ2) is 5.72. The van der Waals surface area contributed by atoms with Crippen molar-refractivity contribution in [2.75, 3.05) is 0 Å². The normalized spacial score (nSPS) is 11.9. The summed E-state index contributed by atoms with van der Waals surface area (Å²) in [6.07, 6.45) is 0.184. The number of nitrogens with one attached hydrogen (secondary N) is 1. The first-order valence-electron chi connectivity index (χ1n) is 4.41. The Morgan fingerprint density at radius 2 is 2.19 bits per heavy atom. The zero-order valence-corrected chi connectivity index (χ0v) is 9.63. The molecule has 1 unspecified atom stereocenters. The zero-order valence-electron chi connectivity index (χ0n) is 8.11. The lowest BCUT2D eigenvalue weighted by Crippen LogP contribution is -2.22. The molecule has 0 saturated carbocycles. The summed E-state index contributed by atoms with van der Waals surface area (Å²) >= 11 is 11.7. The summed E-state index contributed by atoms with van der Waals surface area (Å²) in [6, 6.07) is 4.00. The Kier molecular flexibility index (Phi) is 4.58. The summed E-state index contributed by atoms with van der Waals surface area (Å²) in [5, 5.41) is 11.9. The molecule has 0 aliphatic carbocycles. The number of carboxylic acids is 1. The van der Waals surface area contributed by atoms with Gasteiger partial charge in [0.2, 0.25) is 6.41 Å². The molecule has 1 atom stereocenters. The van der Waals surface area contributed by atoms with E-state index in [1.165, 1.54) is 6.07 Å². The van der Waals surface area contributed by atoms with Gasteiger partial charge in [-0.2, -0.15) is 0 Å². The number of aliphatic carboxylic acids is 1. The van der Waals surface area contributed by atoms with Crippen LogP contribution in [-0.4, -0.2) is 17.5 Å². The summed E-state index contributed by atoms with van der Waals surface area (Å²) in [4.78, 5) is 21.0.